The first-order valence-electron chi connectivity index (χ1n) is 7.35. The van der Waals surface area contributed by atoms with Gasteiger partial charge in [-0.2, -0.15) is 5.10 Å². The van der Waals surface area contributed by atoms with Gasteiger partial charge >= 0.3 is 0 Å². The molecular weight excluding hydrogens is 236 g/mol. The number of aromatic nitrogens is 2. The van der Waals surface area contributed by atoms with Gasteiger partial charge in [0.2, 0.25) is 0 Å². The van der Waals surface area contributed by atoms with Crippen LogP contribution >= 0.6 is 0 Å². The summed E-state index contributed by atoms with van der Waals surface area (Å²) >= 11 is 0. The largest absolute Gasteiger partial charge is 0.370 e. The Morgan fingerprint density at radius 2 is 2.11 bits per heavy atom. The van der Waals surface area contributed by atoms with E-state index in [1.165, 1.54) is 37.0 Å². The molecule has 0 saturated carbocycles. The van der Waals surface area contributed by atoms with Crippen LogP contribution in [0.25, 0.3) is 10.9 Å². The fraction of sp³-hybridized carbons (Fsp3) is 0.533. The molecule has 2 aliphatic rings. The lowest BCUT2D eigenvalue weighted by molar-refractivity contribution is 0.237. The van der Waals surface area contributed by atoms with Crippen LogP contribution in [0.5, 0.6) is 0 Å². The van der Waals surface area contributed by atoms with Crippen molar-refractivity contribution in [2.45, 2.75) is 25.3 Å². The highest BCUT2D eigenvalue weighted by Gasteiger charge is 2.30. The zero-order valence-electron chi connectivity index (χ0n) is 11.1. The van der Waals surface area contributed by atoms with E-state index in [2.05, 4.69) is 39.6 Å². The highest BCUT2D eigenvalue weighted by molar-refractivity contribution is 5.90. The predicted molar refractivity (Wildman–Crippen MR) is 77.5 cm³/mol. The van der Waals surface area contributed by atoms with Crippen molar-refractivity contribution in [2.75, 3.05) is 25.0 Å². The van der Waals surface area contributed by atoms with Gasteiger partial charge in [0.25, 0.3) is 0 Å². The Balaban J connectivity index is 1.77. The van der Waals surface area contributed by atoms with Crippen molar-refractivity contribution >= 4 is 16.7 Å². The van der Waals surface area contributed by atoms with E-state index in [9.17, 15) is 0 Å². The molecule has 2 N–H and O–H groups in total. The normalized spacial score (nSPS) is 26.9. The molecule has 2 aromatic rings. The lowest BCUT2D eigenvalue weighted by atomic mass is 9.89. The summed E-state index contributed by atoms with van der Waals surface area (Å²) in [7, 11) is 0. The number of benzene rings is 1. The van der Waals surface area contributed by atoms with Gasteiger partial charge in [-0.25, -0.2) is 4.68 Å². The standard InChI is InChI=1S/C15H20N4/c1-2-6-13-12(5-1)15-17-9-7-14(19(15)18-13)11-4-3-8-16-10-11/h1-2,5-6,11,14,16-17H,3-4,7-10H2. The summed E-state index contributed by atoms with van der Waals surface area (Å²) in [6.45, 7) is 3.38. The van der Waals surface area contributed by atoms with E-state index in [0.29, 0.717) is 6.04 Å². The van der Waals surface area contributed by atoms with Crippen LogP contribution in [-0.2, 0) is 0 Å². The summed E-state index contributed by atoms with van der Waals surface area (Å²) in [5.74, 6) is 1.95. The average molecular weight is 256 g/mol. The molecule has 1 saturated heterocycles. The smallest absolute Gasteiger partial charge is 0.132 e. The molecule has 19 heavy (non-hydrogen) atoms. The first-order chi connectivity index (χ1) is 9.43. The maximum Gasteiger partial charge on any atom is 0.132 e. The molecule has 2 aliphatic heterocycles. The van der Waals surface area contributed by atoms with E-state index in [1.807, 2.05) is 0 Å². The summed E-state index contributed by atoms with van der Waals surface area (Å²) in [5, 5.41) is 13.2. The lowest BCUT2D eigenvalue weighted by Crippen LogP contribution is -2.38. The van der Waals surface area contributed by atoms with Crippen molar-refractivity contribution in [1.82, 2.24) is 15.1 Å². The molecule has 4 heteroatoms. The second-order valence-electron chi connectivity index (χ2n) is 5.70. The third kappa shape index (κ3) is 1.82. The Bertz CT molecular complexity index is 583. The van der Waals surface area contributed by atoms with Crippen LogP contribution in [0.3, 0.4) is 0 Å². The van der Waals surface area contributed by atoms with Crippen LogP contribution in [0.4, 0.5) is 5.82 Å². The summed E-state index contributed by atoms with van der Waals surface area (Å²) in [6.07, 6.45) is 3.81. The quantitative estimate of drug-likeness (QED) is 0.823. The van der Waals surface area contributed by atoms with Gasteiger partial charge in [-0.1, -0.05) is 12.1 Å². The van der Waals surface area contributed by atoms with Crippen molar-refractivity contribution in [2.24, 2.45) is 5.92 Å². The molecule has 0 radical (unpaired) electrons. The number of nitrogens with one attached hydrogen (secondary N) is 2. The van der Waals surface area contributed by atoms with Gasteiger partial charge in [0.1, 0.15) is 5.82 Å². The topological polar surface area (TPSA) is 41.9 Å². The Morgan fingerprint density at radius 3 is 3.00 bits per heavy atom. The van der Waals surface area contributed by atoms with E-state index < -0.39 is 0 Å². The summed E-state index contributed by atoms with van der Waals surface area (Å²) in [4.78, 5) is 0. The van der Waals surface area contributed by atoms with Gasteiger partial charge in [0.05, 0.1) is 11.6 Å². The Kier molecular flexibility index (Phi) is 2.69. The highest BCUT2D eigenvalue weighted by Crippen LogP contribution is 2.36. The van der Waals surface area contributed by atoms with Gasteiger partial charge < -0.3 is 10.6 Å². The van der Waals surface area contributed by atoms with Gasteiger partial charge in [0, 0.05) is 11.9 Å². The number of anilines is 1. The van der Waals surface area contributed by atoms with Crippen LogP contribution in [0.15, 0.2) is 24.3 Å². The van der Waals surface area contributed by atoms with E-state index in [-0.39, 0.29) is 0 Å². The molecule has 0 aliphatic carbocycles. The van der Waals surface area contributed by atoms with Gasteiger partial charge in [-0.3, -0.25) is 0 Å². The minimum absolute atomic E-state index is 0.552. The fourth-order valence-electron chi connectivity index (χ4n) is 3.57. The Hall–Kier alpha value is -1.55. The van der Waals surface area contributed by atoms with Gasteiger partial charge in [-0.05, 0) is 50.4 Å². The van der Waals surface area contributed by atoms with Crippen molar-refractivity contribution in [3.8, 4) is 0 Å². The molecule has 0 spiro atoms. The van der Waals surface area contributed by atoms with Crippen molar-refractivity contribution < 1.29 is 0 Å². The molecule has 4 rings (SSSR count). The number of rotatable bonds is 1. The second-order valence-corrected chi connectivity index (χ2v) is 5.70. The predicted octanol–water partition coefficient (Wildman–Crippen LogP) is 2.39. The zero-order chi connectivity index (χ0) is 12.7. The monoisotopic (exact) mass is 256 g/mol. The third-order valence-corrected chi connectivity index (χ3v) is 4.53. The number of nitrogens with zero attached hydrogens (tertiary/aromatic N) is 2. The Morgan fingerprint density at radius 1 is 1.16 bits per heavy atom. The molecular formula is C15H20N4. The van der Waals surface area contributed by atoms with E-state index in [4.69, 9.17) is 5.10 Å². The van der Waals surface area contributed by atoms with E-state index in [0.717, 1.165) is 24.5 Å². The van der Waals surface area contributed by atoms with Crippen molar-refractivity contribution in [1.29, 1.82) is 0 Å². The fourth-order valence-corrected chi connectivity index (χ4v) is 3.57. The van der Waals surface area contributed by atoms with Crippen molar-refractivity contribution in [3.63, 3.8) is 0 Å². The lowest BCUT2D eigenvalue weighted by Gasteiger charge is -2.34. The summed E-state index contributed by atoms with van der Waals surface area (Å²) in [6, 6.07) is 8.99. The second kappa shape index (κ2) is 4.53. The highest BCUT2D eigenvalue weighted by atomic mass is 15.4. The van der Waals surface area contributed by atoms with Crippen LogP contribution in [-0.4, -0.2) is 29.4 Å². The Labute approximate surface area is 113 Å². The molecule has 0 bridgehead atoms. The molecule has 2 atom stereocenters. The minimum Gasteiger partial charge on any atom is -0.370 e. The van der Waals surface area contributed by atoms with Gasteiger partial charge in [0.15, 0.2) is 0 Å². The number of fused-ring (bicyclic) bond motifs is 3. The molecule has 100 valence electrons. The minimum atomic E-state index is 0.552. The van der Waals surface area contributed by atoms with Crippen LogP contribution in [0, 0.1) is 5.92 Å². The number of hydrogen-bond donors (Lipinski definition) is 2. The first kappa shape index (κ1) is 11.3. The SMILES string of the molecule is c1ccc2c3n(nc2c1)C(C1CCCNC1)CCN3. The van der Waals surface area contributed by atoms with Gasteiger partial charge in [-0.15, -0.1) is 0 Å². The summed E-state index contributed by atoms with van der Waals surface area (Å²) < 4.78 is 2.26. The number of hydrogen-bond acceptors (Lipinski definition) is 3. The molecule has 1 fully saturated rings. The van der Waals surface area contributed by atoms with Crippen molar-refractivity contribution in [3.05, 3.63) is 24.3 Å². The van der Waals surface area contributed by atoms with E-state index >= 15 is 0 Å². The summed E-state index contributed by atoms with van der Waals surface area (Å²) in [5.41, 5.74) is 1.11. The van der Waals surface area contributed by atoms with Crippen LogP contribution < -0.4 is 10.6 Å². The molecule has 3 heterocycles. The molecule has 1 aromatic carbocycles. The molecule has 4 nitrogen and oxygen atoms in total. The maximum atomic E-state index is 4.84. The molecule has 1 aromatic heterocycles. The number of piperidine rings is 1. The maximum absolute atomic E-state index is 4.84. The van der Waals surface area contributed by atoms with E-state index in [1.54, 1.807) is 0 Å². The van der Waals surface area contributed by atoms with Crippen LogP contribution in [0.2, 0.25) is 0 Å². The zero-order valence-corrected chi connectivity index (χ0v) is 11.1. The average Bonchev–Trinajstić information content (AvgIpc) is 2.87. The molecule has 0 amide bonds. The first-order valence-corrected chi connectivity index (χ1v) is 7.35. The third-order valence-electron chi connectivity index (χ3n) is 4.53. The molecule has 2 unspecified atom stereocenters. The van der Waals surface area contributed by atoms with Crippen LogP contribution in [0.1, 0.15) is 25.3 Å².